The van der Waals surface area contributed by atoms with E-state index in [-0.39, 0.29) is 17.2 Å². The number of aromatic nitrogens is 4. The van der Waals surface area contributed by atoms with Crippen molar-refractivity contribution in [1.82, 2.24) is 19.6 Å². The molecule has 0 saturated heterocycles. The zero-order chi connectivity index (χ0) is 22.2. The first-order valence-corrected chi connectivity index (χ1v) is 11.0. The maximum atomic E-state index is 12.2. The number of esters is 1. The molecule has 5 rings (SSSR count). The van der Waals surface area contributed by atoms with Gasteiger partial charge < -0.3 is 9.47 Å². The summed E-state index contributed by atoms with van der Waals surface area (Å²) >= 11 is 6.46. The molecule has 2 heterocycles. The smallest absolute Gasteiger partial charge is 0.338 e. The predicted molar refractivity (Wildman–Crippen MR) is 121 cm³/mol. The zero-order valence-corrected chi connectivity index (χ0v) is 18.7. The Kier molecular flexibility index (Phi) is 5.53. The number of benzene rings is 2. The highest BCUT2D eigenvalue weighted by Crippen LogP contribution is 2.38. The summed E-state index contributed by atoms with van der Waals surface area (Å²) in [5, 5.41) is 9.10. The molecule has 1 aliphatic carbocycles. The second-order valence-electron chi connectivity index (χ2n) is 8.14. The topological polar surface area (TPSA) is 78.6 Å². The molecule has 0 N–H and O–H groups in total. The number of methoxy groups -OCH3 is 1. The van der Waals surface area contributed by atoms with Gasteiger partial charge in [-0.15, -0.1) is 10.2 Å². The van der Waals surface area contributed by atoms with Gasteiger partial charge in [-0.25, -0.2) is 9.78 Å². The van der Waals surface area contributed by atoms with E-state index < -0.39 is 5.97 Å². The molecule has 0 amide bonds. The molecule has 1 unspecified atom stereocenters. The van der Waals surface area contributed by atoms with E-state index in [1.54, 1.807) is 6.07 Å². The number of hydrogen-bond donors (Lipinski definition) is 0. The fourth-order valence-electron chi connectivity index (χ4n) is 4.54. The van der Waals surface area contributed by atoms with E-state index in [1.807, 2.05) is 35.6 Å². The molecule has 7 nitrogen and oxygen atoms in total. The van der Waals surface area contributed by atoms with Crippen LogP contribution in [0.2, 0.25) is 5.15 Å². The molecule has 164 valence electrons. The lowest BCUT2D eigenvalue weighted by Gasteiger charge is -2.20. The molecule has 2 atom stereocenters. The Balaban J connectivity index is 1.57. The number of hydrogen-bond acceptors (Lipinski definition) is 6. The number of aryl methyl sites for hydroxylation is 1. The summed E-state index contributed by atoms with van der Waals surface area (Å²) in [4.78, 5) is 16.6. The van der Waals surface area contributed by atoms with Gasteiger partial charge in [-0.1, -0.05) is 48.4 Å². The Hall–Kier alpha value is -3.03. The molecule has 0 bridgehead atoms. The van der Waals surface area contributed by atoms with E-state index >= 15 is 0 Å². The number of rotatable bonds is 5. The van der Waals surface area contributed by atoms with Crippen LogP contribution in [0.3, 0.4) is 0 Å². The lowest BCUT2D eigenvalue weighted by molar-refractivity contribution is 0.0326. The first-order valence-electron chi connectivity index (χ1n) is 10.7. The van der Waals surface area contributed by atoms with E-state index in [9.17, 15) is 4.79 Å². The van der Waals surface area contributed by atoms with Crippen LogP contribution in [0.1, 0.15) is 52.5 Å². The first-order chi connectivity index (χ1) is 15.6. The van der Waals surface area contributed by atoms with Crippen LogP contribution in [0.15, 0.2) is 42.5 Å². The van der Waals surface area contributed by atoms with Crippen LogP contribution in [-0.2, 0) is 16.1 Å². The molecule has 4 aromatic rings. The van der Waals surface area contributed by atoms with Crippen molar-refractivity contribution in [2.75, 3.05) is 7.11 Å². The molecule has 1 aliphatic rings. The zero-order valence-electron chi connectivity index (χ0n) is 17.9. The Morgan fingerprint density at radius 3 is 2.78 bits per heavy atom. The number of carbonyl (C=O) groups is 1. The summed E-state index contributed by atoms with van der Waals surface area (Å²) in [6, 6.07) is 13.8. The Bertz CT molecular complexity index is 1310. The molecular weight excluding hydrogens is 428 g/mol. The van der Waals surface area contributed by atoms with Crippen molar-refractivity contribution in [2.45, 2.75) is 44.8 Å². The quantitative estimate of drug-likeness (QED) is 0.403. The lowest BCUT2D eigenvalue weighted by atomic mass is 10.0. The summed E-state index contributed by atoms with van der Waals surface area (Å²) in [5.41, 5.74) is 4.30. The summed E-state index contributed by atoms with van der Waals surface area (Å²) in [5.74, 6) is 0.502. The Labute approximate surface area is 190 Å². The van der Waals surface area contributed by atoms with E-state index in [1.165, 1.54) is 7.11 Å². The van der Waals surface area contributed by atoms with Crippen molar-refractivity contribution in [2.24, 2.45) is 0 Å². The van der Waals surface area contributed by atoms with Gasteiger partial charge in [0.05, 0.1) is 36.4 Å². The average Bonchev–Trinajstić information content (AvgIpc) is 3.45. The predicted octanol–water partition coefficient (Wildman–Crippen LogP) is 4.88. The molecule has 2 aromatic carbocycles. The van der Waals surface area contributed by atoms with Gasteiger partial charge >= 0.3 is 5.97 Å². The molecule has 8 heteroatoms. The van der Waals surface area contributed by atoms with Crippen LogP contribution >= 0.6 is 11.6 Å². The number of carbonyl (C=O) groups excluding carboxylic acids is 1. The van der Waals surface area contributed by atoms with Crippen LogP contribution in [0, 0.1) is 6.92 Å². The van der Waals surface area contributed by atoms with Gasteiger partial charge in [0.2, 0.25) is 0 Å². The van der Waals surface area contributed by atoms with Crippen molar-refractivity contribution in [3.63, 3.8) is 0 Å². The largest absolute Gasteiger partial charge is 0.465 e. The highest BCUT2D eigenvalue weighted by molar-refractivity contribution is 6.32. The molecule has 2 aromatic heterocycles. The molecule has 1 saturated carbocycles. The average molecular weight is 451 g/mol. The highest BCUT2D eigenvalue weighted by atomic mass is 35.5. The highest BCUT2D eigenvalue weighted by Gasteiger charge is 2.34. The van der Waals surface area contributed by atoms with Crippen molar-refractivity contribution >= 4 is 34.3 Å². The third kappa shape index (κ3) is 3.61. The second-order valence-corrected chi connectivity index (χ2v) is 8.50. The summed E-state index contributed by atoms with van der Waals surface area (Å²) in [7, 11) is 1.36. The molecule has 32 heavy (non-hydrogen) atoms. The van der Waals surface area contributed by atoms with E-state index in [0.717, 1.165) is 41.7 Å². The van der Waals surface area contributed by atoms with Gasteiger partial charge in [-0.2, -0.15) is 0 Å². The minimum atomic E-state index is -0.406. The molecule has 0 radical (unpaired) electrons. The Morgan fingerprint density at radius 1 is 1.19 bits per heavy atom. The third-order valence-electron chi connectivity index (χ3n) is 6.15. The van der Waals surface area contributed by atoms with Crippen LogP contribution in [-0.4, -0.2) is 38.8 Å². The van der Waals surface area contributed by atoms with Gasteiger partial charge in [-0.3, -0.25) is 4.40 Å². The lowest BCUT2D eigenvalue weighted by Crippen LogP contribution is -2.19. The number of nitrogens with zero attached hydrogens (tertiary/aromatic N) is 4. The minimum absolute atomic E-state index is 0.0417. The fraction of sp³-hybridized carbons (Fsp3) is 0.333. The fourth-order valence-corrected chi connectivity index (χ4v) is 4.75. The maximum Gasteiger partial charge on any atom is 0.338 e. The molecular formula is C24H23ClN4O3. The molecule has 0 spiro atoms. The summed E-state index contributed by atoms with van der Waals surface area (Å²) in [6.45, 7) is 2.43. The monoisotopic (exact) mass is 450 g/mol. The summed E-state index contributed by atoms with van der Waals surface area (Å²) in [6.07, 6.45) is 3.02. The number of ether oxygens (including phenoxy) is 2. The maximum absolute atomic E-state index is 12.2. The van der Waals surface area contributed by atoms with E-state index in [4.69, 9.17) is 21.1 Å². The van der Waals surface area contributed by atoms with Crippen LogP contribution < -0.4 is 0 Å². The normalized spacial score (nSPS) is 18.5. The first kappa shape index (κ1) is 20.8. The number of halogens is 1. The van der Waals surface area contributed by atoms with Crippen LogP contribution in [0.25, 0.3) is 16.7 Å². The van der Waals surface area contributed by atoms with Gasteiger partial charge in [0.25, 0.3) is 0 Å². The SMILES string of the molecule is COC(=O)c1cc2nc(Cl)c3nnc(C4CCC[C@@H]4OCc4ccccc4)n3c2cc1C. The van der Waals surface area contributed by atoms with Crippen molar-refractivity contribution in [3.8, 4) is 0 Å². The molecule has 1 fully saturated rings. The van der Waals surface area contributed by atoms with Gasteiger partial charge in [0, 0.05) is 5.92 Å². The second kappa shape index (κ2) is 8.48. The van der Waals surface area contributed by atoms with Crippen molar-refractivity contribution < 1.29 is 14.3 Å². The standard InChI is InChI=1S/C24H23ClN4O3/c1-14-11-19-18(12-17(14)24(30)31-2)26-21(25)23-28-27-22(29(19)23)16-9-6-10-20(16)32-13-15-7-4-3-5-8-15/h3-5,7-8,11-12,16,20H,6,9-10,13H2,1-2H3/t16?,20-/m0/s1. The number of fused-ring (bicyclic) bond motifs is 3. The summed E-state index contributed by atoms with van der Waals surface area (Å²) < 4.78 is 13.2. The van der Waals surface area contributed by atoms with Crippen molar-refractivity contribution in [3.05, 3.63) is 70.1 Å². The van der Waals surface area contributed by atoms with Crippen molar-refractivity contribution in [1.29, 1.82) is 0 Å². The van der Waals surface area contributed by atoms with Crippen LogP contribution in [0.5, 0.6) is 0 Å². The van der Waals surface area contributed by atoms with Gasteiger partial charge in [0.15, 0.2) is 10.8 Å². The van der Waals surface area contributed by atoms with E-state index in [2.05, 4.69) is 27.3 Å². The molecule has 0 aliphatic heterocycles. The van der Waals surface area contributed by atoms with Gasteiger partial charge in [-0.05, 0) is 43.0 Å². The minimum Gasteiger partial charge on any atom is -0.465 e. The van der Waals surface area contributed by atoms with Crippen LogP contribution in [0.4, 0.5) is 0 Å². The van der Waals surface area contributed by atoms with E-state index in [0.29, 0.717) is 23.3 Å². The Morgan fingerprint density at radius 2 is 2.00 bits per heavy atom. The third-order valence-corrected chi connectivity index (χ3v) is 6.40. The van der Waals surface area contributed by atoms with Gasteiger partial charge in [0.1, 0.15) is 5.82 Å².